The van der Waals surface area contributed by atoms with Crippen molar-refractivity contribution >= 4 is 38.9 Å². The predicted octanol–water partition coefficient (Wildman–Crippen LogP) is 3.37. The van der Waals surface area contributed by atoms with Crippen LogP contribution in [0.4, 0.5) is 11.6 Å². The first-order chi connectivity index (χ1) is 8.75. The van der Waals surface area contributed by atoms with Gasteiger partial charge in [-0.05, 0) is 52.2 Å². The molecule has 94 valence electrons. The van der Waals surface area contributed by atoms with Gasteiger partial charge in [0, 0.05) is 4.88 Å². The van der Waals surface area contributed by atoms with Crippen molar-refractivity contribution in [2.45, 2.75) is 25.3 Å². The van der Waals surface area contributed by atoms with Gasteiger partial charge in [-0.2, -0.15) is 0 Å². The van der Waals surface area contributed by atoms with Crippen LogP contribution in [-0.4, -0.2) is 9.97 Å². The van der Waals surface area contributed by atoms with Crippen molar-refractivity contribution in [3.8, 4) is 0 Å². The summed E-state index contributed by atoms with van der Waals surface area (Å²) < 4.78 is 0.743. The van der Waals surface area contributed by atoms with Gasteiger partial charge in [-0.15, -0.1) is 11.3 Å². The molecule has 0 saturated carbocycles. The molecule has 6 heteroatoms. The molecule has 4 nitrogen and oxygen atoms in total. The summed E-state index contributed by atoms with van der Waals surface area (Å²) in [4.78, 5) is 9.68. The van der Waals surface area contributed by atoms with Crippen molar-refractivity contribution in [2.75, 3.05) is 11.1 Å². The molecule has 0 saturated heterocycles. The number of aromatic nitrogens is 2. The number of hydrogen-bond acceptors (Lipinski definition) is 5. The number of aryl methyl sites for hydroxylation is 1. The van der Waals surface area contributed by atoms with E-state index in [1.165, 1.54) is 29.6 Å². The Morgan fingerprint density at radius 1 is 1.44 bits per heavy atom. The molecule has 1 aliphatic carbocycles. The summed E-state index contributed by atoms with van der Waals surface area (Å²) in [5.41, 5.74) is 7.16. The predicted molar refractivity (Wildman–Crippen MR) is 77.8 cm³/mol. The first-order valence-electron chi connectivity index (χ1n) is 5.84. The molecule has 1 atom stereocenters. The SMILES string of the molecule is Nc1ncnc(NC2CCCc3sccc32)c1Br. The molecule has 2 heterocycles. The molecular weight excluding hydrogens is 312 g/mol. The fourth-order valence-corrected chi connectivity index (χ4v) is 3.59. The number of hydrogen-bond donors (Lipinski definition) is 2. The average molecular weight is 325 g/mol. The average Bonchev–Trinajstić information content (AvgIpc) is 2.84. The number of nitrogens with one attached hydrogen (secondary N) is 1. The highest BCUT2D eigenvalue weighted by atomic mass is 79.9. The monoisotopic (exact) mass is 324 g/mol. The molecule has 2 aromatic heterocycles. The van der Waals surface area contributed by atoms with Crippen molar-refractivity contribution in [3.05, 3.63) is 32.7 Å². The molecule has 0 radical (unpaired) electrons. The minimum atomic E-state index is 0.325. The van der Waals surface area contributed by atoms with E-state index >= 15 is 0 Å². The molecule has 3 N–H and O–H groups in total. The Hall–Kier alpha value is -1.14. The summed E-state index contributed by atoms with van der Waals surface area (Å²) in [5.74, 6) is 1.24. The van der Waals surface area contributed by atoms with E-state index in [-0.39, 0.29) is 0 Å². The third-order valence-electron chi connectivity index (χ3n) is 3.18. The number of rotatable bonds is 2. The van der Waals surface area contributed by atoms with E-state index in [1.54, 1.807) is 0 Å². The van der Waals surface area contributed by atoms with Crippen LogP contribution in [0.3, 0.4) is 0 Å². The van der Waals surface area contributed by atoms with Crippen LogP contribution in [-0.2, 0) is 6.42 Å². The summed E-state index contributed by atoms with van der Waals surface area (Å²) in [6.45, 7) is 0. The molecule has 1 aliphatic rings. The summed E-state index contributed by atoms with van der Waals surface area (Å²) in [5, 5.41) is 5.62. The van der Waals surface area contributed by atoms with Crippen LogP contribution in [0.1, 0.15) is 29.3 Å². The first kappa shape index (κ1) is 11.9. The van der Waals surface area contributed by atoms with Crippen LogP contribution >= 0.6 is 27.3 Å². The quantitative estimate of drug-likeness (QED) is 0.888. The van der Waals surface area contributed by atoms with E-state index in [2.05, 4.69) is 42.7 Å². The van der Waals surface area contributed by atoms with Crippen molar-refractivity contribution in [3.63, 3.8) is 0 Å². The Balaban J connectivity index is 1.88. The van der Waals surface area contributed by atoms with Crippen molar-refractivity contribution in [1.29, 1.82) is 0 Å². The van der Waals surface area contributed by atoms with Crippen LogP contribution in [0.5, 0.6) is 0 Å². The number of nitrogen functional groups attached to an aromatic ring is 1. The zero-order valence-electron chi connectivity index (χ0n) is 9.69. The van der Waals surface area contributed by atoms with Crippen LogP contribution in [0, 0.1) is 0 Å². The summed E-state index contributed by atoms with van der Waals surface area (Å²) in [6.07, 6.45) is 5.02. The van der Waals surface area contributed by atoms with Crippen LogP contribution < -0.4 is 11.1 Å². The largest absolute Gasteiger partial charge is 0.383 e. The maximum absolute atomic E-state index is 5.76. The van der Waals surface area contributed by atoms with Gasteiger partial charge in [-0.1, -0.05) is 0 Å². The lowest BCUT2D eigenvalue weighted by molar-refractivity contribution is 0.606. The van der Waals surface area contributed by atoms with Gasteiger partial charge in [0.2, 0.25) is 0 Å². The number of fused-ring (bicyclic) bond motifs is 1. The zero-order chi connectivity index (χ0) is 12.5. The van der Waals surface area contributed by atoms with Gasteiger partial charge in [0.15, 0.2) is 0 Å². The highest BCUT2D eigenvalue weighted by Crippen LogP contribution is 2.36. The molecule has 0 spiro atoms. The second kappa shape index (κ2) is 4.85. The van der Waals surface area contributed by atoms with Gasteiger partial charge in [0.05, 0.1) is 6.04 Å². The molecule has 18 heavy (non-hydrogen) atoms. The van der Waals surface area contributed by atoms with Crippen LogP contribution in [0.2, 0.25) is 0 Å². The molecule has 1 unspecified atom stereocenters. The molecule has 3 rings (SSSR count). The molecule has 0 bridgehead atoms. The van der Waals surface area contributed by atoms with Gasteiger partial charge in [-0.25, -0.2) is 9.97 Å². The maximum Gasteiger partial charge on any atom is 0.146 e. The number of thiophene rings is 1. The second-order valence-electron chi connectivity index (χ2n) is 4.31. The Morgan fingerprint density at radius 2 is 2.33 bits per heavy atom. The van der Waals surface area contributed by atoms with Gasteiger partial charge in [0.1, 0.15) is 22.4 Å². The van der Waals surface area contributed by atoms with E-state index in [0.29, 0.717) is 11.9 Å². The topological polar surface area (TPSA) is 63.8 Å². The standard InChI is InChI=1S/C12H13BrN4S/c13-10-11(14)15-6-16-12(10)17-8-2-1-3-9-7(8)4-5-18-9/h4-6,8H,1-3H2,(H3,14,15,16,17). The number of nitrogens with zero attached hydrogens (tertiary/aromatic N) is 2. The van der Waals surface area contributed by atoms with Crippen LogP contribution in [0.15, 0.2) is 22.2 Å². The van der Waals surface area contributed by atoms with Crippen molar-refractivity contribution in [2.24, 2.45) is 0 Å². The van der Waals surface area contributed by atoms with Crippen LogP contribution in [0.25, 0.3) is 0 Å². The highest BCUT2D eigenvalue weighted by molar-refractivity contribution is 9.10. The summed E-state index contributed by atoms with van der Waals surface area (Å²) in [7, 11) is 0. The fourth-order valence-electron chi connectivity index (χ4n) is 2.29. The van der Waals surface area contributed by atoms with Gasteiger partial charge < -0.3 is 11.1 Å². The third kappa shape index (κ3) is 2.10. The molecule has 2 aromatic rings. The zero-order valence-corrected chi connectivity index (χ0v) is 12.1. The Kier molecular flexibility index (Phi) is 3.22. The van der Waals surface area contributed by atoms with Crippen molar-refractivity contribution in [1.82, 2.24) is 9.97 Å². The second-order valence-corrected chi connectivity index (χ2v) is 6.10. The lowest BCUT2D eigenvalue weighted by Crippen LogP contribution is -2.17. The fraction of sp³-hybridized carbons (Fsp3) is 0.333. The lowest BCUT2D eigenvalue weighted by Gasteiger charge is -2.24. The maximum atomic E-state index is 5.76. The molecule has 0 aromatic carbocycles. The Labute approximate surface area is 118 Å². The Bertz CT molecular complexity index is 569. The smallest absolute Gasteiger partial charge is 0.146 e. The van der Waals surface area contributed by atoms with E-state index in [9.17, 15) is 0 Å². The van der Waals surface area contributed by atoms with Gasteiger partial charge in [0.25, 0.3) is 0 Å². The third-order valence-corrected chi connectivity index (χ3v) is 4.96. The van der Waals surface area contributed by atoms with E-state index < -0.39 is 0 Å². The van der Waals surface area contributed by atoms with Gasteiger partial charge in [-0.3, -0.25) is 0 Å². The first-order valence-corrected chi connectivity index (χ1v) is 7.51. The summed E-state index contributed by atoms with van der Waals surface area (Å²) in [6, 6.07) is 2.53. The normalized spacial score (nSPS) is 18.4. The Morgan fingerprint density at radius 3 is 3.22 bits per heavy atom. The lowest BCUT2D eigenvalue weighted by atomic mass is 9.94. The highest BCUT2D eigenvalue weighted by Gasteiger charge is 2.22. The molecular formula is C12H13BrN4S. The number of halogens is 1. The van der Waals surface area contributed by atoms with E-state index in [0.717, 1.165) is 16.7 Å². The molecule has 0 fully saturated rings. The van der Waals surface area contributed by atoms with E-state index in [1.807, 2.05) is 11.3 Å². The van der Waals surface area contributed by atoms with Gasteiger partial charge >= 0.3 is 0 Å². The molecule has 0 aliphatic heterocycles. The summed E-state index contributed by atoms with van der Waals surface area (Å²) >= 11 is 5.27. The van der Waals surface area contributed by atoms with Crippen molar-refractivity contribution < 1.29 is 0 Å². The number of nitrogens with two attached hydrogens (primary N) is 1. The molecule has 0 amide bonds. The minimum absolute atomic E-state index is 0.325. The minimum Gasteiger partial charge on any atom is -0.383 e. The number of anilines is 2. The van der Waals surface area contributed by atoms with E-state index in [4.69, 9.17) is 5.73 Å².